The summed E-state index contributed by atoms with van der Waals surface area (Å²) in [5.41, 5.74) is 4.31. The Morgan fingerprint density at radius 2 is 1.88 bits per heavy atom. The van der Waals surface area contributed by atoms with Crippen LogP contribution in [0.1, 0.15) is 55.9 Å². The van der Waals surface area contributed by atoms with E-state index in [4.69, 9.17) is 9.72 Å². The molecule has 5 aromatic rings. The molecule has 208 valence electrons. The predicted molar refractivity (Wildman–Crippen MR) is 156 cm³/mol. The number of carbonyl (C=O) groups excluding carboxylic acids is 2. The van der Waals surface area contributed by atoms with Crippen LogP contribution < -0.4 is 5.32 Å². The first-order valence-corrected chi connectivity index (χ1v) is 14.4. The lowest BCUT2D eigenvalue weighted by atomic mass is 9.96. The minimum Gasteiger partial charge on any atom is -0.494 e. The molecule has 6 rings (SSSR count). The molecule has 0 saturated carbocycles. The molecule has 1 aliphatic rings. The van der Waals surface area contributed by atoms with Gasteiger partial charge in [-0.1, -0.05) is 30.3 Å². The summed E-state index contributed by atoms with van der Waals surface area (Å²) in [7, 11) is 0. The summed E-state index contributed by atoms with van der Waals surface area (Å²) in [6, 6.07) is 18.9. The van der Waals surface area contributed by atoms with Crippen molar-refractivity contribution in [3.63, 3.8) is 0 Å². The third-order valence-corrected chi connectivity index (χ3v) is 8.38. The minimum absolute atomic E-state index is 0.0845. The lowest BCUT2D eigenvalue weighted by molar-refractivity contribution is 0.0525. The Bertz CT molecular complexity index is 1760. The van der Waals surface area contributed by atoms with Crippen molar-refractivity contribution in [1.82, 2.24) is 14.9 Å². The number of thiophene rings is 1. The molecule has 2 aromatic carbocycles. The van der Waals surface area contributed by atoms with E-state index in [-0.39, 0.29) is 36.2 Å². The second-order valence-corrected chi connectivity index (χ2v) is 11.1. The maximum absolute atomic E-state index is 13.6. The Labute approximate surface area is 240 Å². The smallest absolute Gasteiger partial charge is 0.340 e. The van der Waals surface area contributed by atoms with Gasteiger partial charge in [0.2, 0.25) is 5.88 Å². The van der Waals surface area contributed by atoms with Crippen molar-refractivity contribution in [1.29, 1.82) is 0 Å². The molecule has 0 unspecified atom stereocenters. The van der Waals surface area contributed by atoms with E-state index >= 15 is 0 Å². The summed E-state index contributed by atoms with van der Waals surface area (Å²) >= 11 is 1.43. The van der Waals surface area contributed by atoms with Gasteiger partial charge in [0.25, 0.3) is 5.91 Å². The van der Waals surface area contributed by atoms with E-state index in [0.717, 1.165) is 33.9 Å². The van der Waals surface area contributed by atoms with E-state index in [2.05, 4.69) is 5.32 Å². The molecule has 0 radical (unpaired) electrons. The molecule has 0 atom stereocenters. The Kier molecular flexibility index (Phi) is 7.28. The molecule has 0 spiro atoms. The van der Waals surface area contributed by atoms with Crippen LogP contribution in [0.3, 0.4) is 0 Å². The number of carbonyl (C=O) groups is 2. The number of benzene rings is 2. The fraction of sp³-hybridized carbons (Fsp3) is 0.219. The summed E-state index contributed by atoms with van der Waals surface area (Å²) in [6.07, 6.45) is 1.95. The summed E-state index contributed by atoms with van der Waals surface area (Å²) in [6.45, 7) is 2.89. The molecule has 9 heteroatoms. The quantitative estimate of drug-likeness (QED) is 0.215. The van der Waals surface area contributed by atoms with Crippen molar-refractivity contribution < 1.29 is 23.8 Å². The number of esters is 1. The number of nitrogens with one attached hydrogen (secondary N) is 1. The van der Waals surface area contributed by atoms with Crippen LogP contribution in [0, 0.1) is 5.82 Å². The number of hydrogen-bond acceptors (Lipinski definition) is 6. The summed E-state index contributed by atoms with van der Waals surface area (Å²) in [5.74, 6) is -0.973. The highest BCUT2D eigenvalue weighted by Gasteiger charge is 2.31. The van der Waals surface area contributed by atoms with Crippen LogP contribution in [0.2, 0.25) is 0 Å². The Balaban J connectivity index is 1.47. The number of aromatic hydroxyl groups is 1. The lowest BCUT2D eigenvalue weighted by Crippen LogP contribution is -2.22. The number of aryl methyl sites for hydroxylation is 1. The second kappa shape index (κ2) is 11.2. The van der Waals surface area contributed by atoms with E-state index < -0.39 is 5.97 Å². The van der Waals surface area contributed by atoms with Crippen LogP contribution in [0.4, 0.5) is 4.39 Å². The number of halogens is 1. The highest BCUT2D eigenvalue weighted by Crippen LogP contribution is 2.45. The Morgan fingerprint density at radius 1 is 1.10 bits per heavy atom. The summed E-state index contributed by atoms with van der Waals surface area (Å²) in [4.78, 5) is 32.7. The number of fused-ring (bicyclic) bond motifs is 3. The van der Waals surface area contributed by atoms with E-state index in [1.54, 1.807) is 31.2 Å². The lowest BCUT2D eigenvalue weighted by Gasteiger charge is -2.15. The molecule has 3 aromatic heterocycles. The third-order valence-electron chi connectivity index (χ3n) is 7.28. The van der Waals surface area contributed by atoms with Crippen LogP contribution in [-0.4, -0.2) is 33.1 Å². The van der Waals surface area contributed by atoms with Crippen molar-refractivity contribution in [2.75, 3.05) is 6.61 Å². The number of aromatic nitrogens is 2. The largest absolute Gasteiger partial charge is 0.494 e. The highest BCUT2D eigenvalue weighted by atomic mass is 32.1. The van der Waals surface area contributed by atoms with E-state index in [0.29, 0.717) is 40.8 Å². The fourth-order valence-corrected chi connectivity index (χ4v) is 6.41. The number of pyridine rings is 1. The molecule has 0 bridgehead atoms. The van der Waals surface area contributed by atoms with E-state index in [1.165, 1.54) is 23.5 Å². The first kappa shape index (κ1) is 26.7. The standard InChI is InChI=1S/C32H28FN3O4S/c1-2-40-32(39)26-23(17-19-10-12-21(33)13-11-19)35-29-24-9-6-16-36(24)31(38)28(29)27(26)25-15-14-22(41-25)18-34-30(37)20-7-4-3-5-8-20/h3-5,7-8,10-15,38H,2,6,9,16-18H2,1H3,(H,34,37). The molecule has 0 saturated heterocycles. The van der Waals surface area contributed by atoms with E-state index in [1.807, 2.05) is 34.9 Å². The number of amides is 1. The monoisotopic (exact) mass is 569 g/mol. The fourth-order valence-electron chi connectivity index (χ4n) is 5.41. The van der Waals surface area contributed by atoms with Gasteiger partial charge in [-0.3, -0.25) is 4.79 Å². The van der Waals surface area contributed by atoms with Gasteiger partial charge in [0.15, 0.2) is 0 Å². The van der Waals surface area contributed by atoms with Crippen molar-refractivity contribution in [3.8, 4) is 16.3 Å². The van der Waals surface area contributed by atoms with Gasteiger partial charge in [-0.15, -0.1) is 11.3 Å². The van der Waals surface area contributed by atoms with Crippen LogP contribution in [0.15, 0.2) is 66.7 Å². The van der Waals surface area contributed by atoms with Crippen molar-refractivity contribution >= 4 is 34.1 Å². The van der Waals surface area contributed by atoms with Crippen molar-refractivity contribution in [3.05, 3.63) is 106 Å². The van der Waals surface area contributed by atoms with Crippen LogP contribution in [-0.2, 0) is 30.7 Å². The van der Waals surface area contributed by atoms with Gasteiger partial charge in [0.05, 0.1) is 35.3 Å². The van der Waals surface area contributed by atoms with Crippen LogP contribution in [0.25, 0.3) is 21.3 Å². The Hall–Kier alpha value is -4.50. The first-order valence-electron chi connectivity index (χ1n) is 13.6. The number of hydrogen-bond donors (Lipinski definition) is 2. The molecule has 1 aliphatic heterocycles. The summed E-state index contributed by atoms with van der Waals surface area (Å²) < 4.78 is 21.0. The molecule has 0 aliphatic carbocycles. The summed E-state index contributed by atoms with van der Waals surface area (Å²) in [5, 5.41) is 14.9. The van der Waals surface area contributed by atoms with Gasteiger partial charge in [0, 0.05) is 39.5 Å². The van der Waals surface area contributed by atoms with Gasteiger partial charge in [-0.2, -0.15) is 0 Å². The number of rotatable bonds is 8. The zero-order valence-corrected chi connectivity index (χ0v) is 23.3. The first-order chi connectivity index (χ1) is 19.9. The minimum atomic E-state index is -0.535. The zero-order chi connectivity index (χ0) is 28.5. The molecule has 4 heterocycles. The molecule has 0 fully saturated rings. The molecule has 1 amide bonds. The highest BCUT2D eigenvalue weighted by molar-refractivity contribution is 7.15. The normalized spacial score (nSPS) is 12.4. The molecular formula is C32H28FN3O4S. The maximum Gasteiger partial charge on any atom is 0.340 e. The average Bonchev–Trinajstić information content (AvgIpc) is 3.71. The van der Waals surface area contributed by atoms with Gasteiger partial charge in [0.1, 0.15) is 5.82 Å². The SMILES string of the molecule is CCOC(=O)c1c(Cc2ccc(F)cc2)nc2c3n(c(O)c2c1-c1ccc(CNC(=O)c2ccccc2)s1)CCC3. The van der Waals surface area contributed by atoms with Gasteiger partial charge < -0.3 is 19.7 Å². The number of ether oxygens (including phenoxy) is 1. The van der Waals surface area contributed by atoms with Crippen molar-refractivity contribution in [2.45, 2.75) is 39.3 Å². The topological polar surface area (TPSA) is 93.4 Å². The van der Waals surface area contributed by atoms with Crippen LogP contribution in [0.5, 0.6) is 5.88 Å². The zero-order valence-electron chi connectivity index (χ0n) is 22.4. The average molecular weight is 570 g/mol. The Morgan fingerprint density at radius 3 is 2.63 bits per heavy atom. The third kappa shape index (κ3) is 5.09. The number of nitrogens with zero attached hydrogens (tertiary/aromatic N) is 2. The van der Waals surface area contributed by atoms with Gasteiger partial charge in [-0.05, 0) is 61.7 Å². The van der Waals surface area contributed by atoms with Gasteiger partial charge >= 0.3 is 5.97 Å². The van der Waals surface area contributed by atoms with E-state index in [9.17, 15) is 19.1 Å². The van der Waals surface area contributed by atoms with Gasteiger partial charge in [-0.25, -0.2) is 14.2 Å². The molecule has 41 heavy (non-hydrogen) atoms. The maximum atomic E-state index is 13.6. The second-order valence-electron chi connectivity index (χ2n) is 9.90. The van der Waals surface area contributed by atoms with Crippen molar-refractivity contribution in [2.24, 2.45) is 0 Å². The molecular weight excluding hydrogens is 541 g/mol. The molecule has 7 nitrogen and oxygen atoms in total. The predicted octanol–water partition coefficient (Wildman–Crippen LogP) is 6.25. The molecule has 2 N–H and O–H groups in total. The van der Waals surface area contributed by atoms with Crippen LogP contribution >= 0.6 is 11.3 Å².